The number of nitrogen functional groups attached to an aromatic ring is 1. The molecule has 2 N–H and O–H groups in total. The number of amides is 1. The first kappa shape index (κ1) is 16.6. The lowest BCUT2D eigenvalue weighted by Gasteiger charge is -2.27. The summed E-state index contributed by atoms with van der Waals surface area (Å²) >= 11 is 0. The Bertz CT molecular complexity index is 738. The SMILES string of the molecule is Cc1cccc(C2CCCN2C(=O)CCc2ccccc2N)c1C. The van der Waals surface area contributed by atoms with E-state index < -0.39 is 0 Å². The van der Waals surface area contributed by atoms with Crippen molar-refractivity contribution in [2.75, 3.05) is 12.3 Å². The molecule has 1 unspecified atom stereocenters. The number of carbonyl (C=O) groups excluding carboxylic acids is 1. The zero-order chi connectivity index (χ0) is 17.1. The van der Waals surface area contributed by atoms with E-state index in [4.69, 9.17) is 5.73 Å². The Labute approximate surface area is 144 Å². The zero-order valence-electron chi connectivity index (χ0n) is 14.6. The summed E-state index contributed by atoms with van der Waals surface area (Å²) < 4.78 is 0. The highest BCUT2D eigenvalue weighted by molar-refractivity contribution is 5.77. The average molecular weight is 322 g/mol. The summed E-state index contributed by atoms with van der Waals surface area (Å²) in [4.78, 5) is 14.9. The number of carbonyl (C=O) groups is 1. The number of nitrogens with two attached hydrogens (primary N) is 1. The summed E-state index contributed by atoms with van der Waals surface area (Å²) in [6, 6.07) is 14.5. The number of nitrogens with zero attached hydrogens (tertiary/aromatic N) is 1. The molecule has 0 bridgehead atoms. The van der Waals surface area contributed by atoms with Crippen LogP contribution in [0.15, 0.2) is 42.5 Å². The van der Waals surface area contributed by atoms with Gasteiger partial charge >= 0.3 is 0 Å². The van der Waals surface area contributed by atoms with Crippen molar-refractivity contribution in [3.63, 3.8) is 0 Å². The molecule has 3 heteroatoms. The Morgan fingerprint density at radius 1 is 1.17 bits per heavy atom. The average Bonchev–Trinajstić information content (AvgIpc) is 3.06. The van der Waals surface area contributed by atoms with E-state index in [-0.39, 0.29) is 11.9 Å². The van der Waals surface area contributed by atoms with Crippen LogP contribution in [0.25, 0.3) is 0 Å². The van der Waals surface area contributed by atoms with E-state index in [2.05, 4.69) is 36.9 Å². The van der Waals surface area contributed by atoms with Crippen molar-refractivity contribution < 1.29 is 4.79 Å². The number of likely N-dealkylation sites (tertiary alicyclic amines) is 1. The minimum absolute atomic E-state index is 0.227. The molecule has 3 nitrogen and oxygen atoms in total. The fraction of sp³-hybridized carbons (Fsp3) is 0.381. The van der Waals surface area contributed by atoms with Gasteiger partial charge in [0.2, 0.25) is 5.91 Å². The highest BCUT2D eigenvalue weighted by Crippen LogP contribution is 2.35. The lowest BCUT2D eigenvalue weighted by molar-refractivity contribution is -0.132. The number of rotatable bonds is 4. The van der Waals surface area contributed by atoms with Crippen molar-refractivity contribution in [3.8, 4) is 0 Å². The van der Waals surface area contributed by atoms with Crippen LogP contribution in [-0.2, 0) is 11.2 Å². The molecule has 24 heavy (non-hydrogen) atoms. The summed E-state index contributed by atoms with van der Waals surface area (Å²) in [6.07, 6.45) is 3.37. The van der Waals surface area contributed by atoms with Gasteiger partial charge in [0.15, 0.2) is 0 Å². The van der Waals surface area contributed by atoms with Gasteiger partial charge in [-0.05, 0) is 61.4 Å². The quantitative estimate of drug-likeness (QED) is 0.858. The Balaban J connectivity index is 1.72. The number of hydrogen-bond donors (Lipinski definition) is 1. The van der Waals surface area contributed by atoms with Crippen molar-refractivity contribution in [1.82, 2.24) is 4.90 Å². The molecule has 1 aliphatic heterocycles. The van der Waals surface area contributed by atoms with Gasteiger partial charge < -0.3 is 10.6 Å². The first-order valence-electron chi connectivity index (χ1n) is 8.77. The summed E-state index contributed by atoms with van der Waals surface area (Å²) in [5.41, 5.74) is 11.7. The summed E-state index contributed by atoms with van der Waals surface area (Å²) in [5, 5.41) is 0. The maximum Gasteiger partial charge on any atom is 0.223 e. The lowest BCUT2D eigenvalue weighted by Crippen LogP contribution is -2.31. The van der Waals surface area contributed by atoms with Gasteiger partial charge in [-0.1, -0.05) is 36.4 Å². The second-order valence-electron chi connectivity index (χ2n) is 6.73. The maximum absolute atomic E-state index is 12.8. The number of aryl methyl sites for hydroxylation is 2. The molecule has 0 spiro atoms. The van der Waals surface area contributed by atoms with E-state index in [1.165, 1.54) is 16.7 Å². The Kier molecular flexibility index (Phi) is 4.89. The maximum atomic E-state index is 12.8. The monoisotopic (exact) mass is 322 g/mol. The van der Waals surface area contributed by atoms with Gasteiger partial charge in [-0.2, -0.15) is 0 Å². The normalized spacial score (nSPS) is 17.2. The zero-order valence-corrected chi connectivity index (χ0v) is 14.6. The van der Waals surface area contributed by atoms with Crippen LogP contribution < -0.4 is 5.73 Å². The molecule has 3 rings (SSSR count). The molecular weight excluding hydrogens is 296 g/mol. The molecule has 1 atom stereocenters. The predicted molar refractivity (Wildman–Crippen MR) is 98.8 cm³/mol. The number of hydrogen-bond acceptors (Lipinski definition) is 2. The van der Waals surface area contributed by atoms with Gasteiger partial charge in [-0.15, -0.1) is 0 Å². The third-order valence-corrected chi connectivity index (χ3v) is 5.24. The van der Waals surface area contributed by atoms with Crippen LogP contribution in [-0.4, -0.2) is 17.4 Å². The van der Waals surface area contributed by atoms with Crippen LogP contribution in [0, 0.1) is 13.8 Å². The summed E-state index contributed by atoms with van der Waals surface area (Å²) in [6.45, 7) is 5.16. The van der Waals surface area contributed by atoms with E-state index in [9.17, 15) is 4.79 Å². The number of para-hydroxylation sites is 1. The Morgan fingerprint density at radius 3 is 2.75 bits per heavy atom. The first-order valence-corrected chi connectivity index (χ1v) is 8.77. The predicted octanol–water partition coefficient (Wildman–Crippen LogP) is 4.18. The van der Waals surface area contributed by atoms with Crippen LogP contribution in [0.5, 0.6) is 0 Å². The third kappa shape index (κ3) is 3.30. The smallest absolute Gasteiger partial charge is 0.223 e. The molecule has 0 aliphatic carbocycles. The molecule has 1 saturated heterocycles. The highest BCUT2D eigenvalue weighted by atomic mass is 16.2. The van der Waals surface area contributed by atoms with Crippen molar-refractivity contribution in [1.29, 1.82) is 0 Å². The van der Waals surface area contributed by atoms with Gasteiger partial charge in [-0.3, -0.25) is 4.79 Å². The Hall–Kier alpha value is -2.29. The summed E-state index contributed by atoms with van der Waals surface area (Å²) in [7, 11) is 0. The van der Waals surface area contributed by atoms with Crippen LogP contribution in [0.3, 0.4) is 0 Å². The van der Waals surface area contributed by atoms with Crippen LogP contribution in [0.4, 0.5) is 5.69 Å². The van der Waals surface area contributed by atoms with E-state index in [1.807, 2.05) is 24.3 Å². The van der Waals surface area contributed by atoms with Crippen molar-refractivity contribution >= 4 is 11.6 Å². The second kappa shape index (κ2) is 7.08. The highest BCUT2D eigenvalue weighted by Gasteiger charge is 2.30. The fourth-order valence-corrected chi connectivity index (χ4v) is 3.67. The number of benzene rings is 2. The second-order valence-corrected chi connectivity index (χ2v) is 6.73. The van der Waals surface area contributed by atoms with Crippen LogP contribution in [0.1, 0.15) is 47.6 Å². The fourth-order valence-electron chi connectivity index (χ4n) is 3.67. The largest absolute Gasteiger partial charge is 0.399 e. The van der Waals surface area contributed by atoms with E-state index in [0.29, 0.717) is 12.8 Å². The first-order chi connectivity index (χ1) is 11.6. The molecule has 1 amide bonds. The molecule has 0 radical (unpaired) electrons. The summed E-state index contributed by atoms with van der Waals surface area (Å²) in [5.74, 6) is 0.238. The number of anilines is 1. The van der Waals surface area contributed by atoms with Crippen molar-refractivity contribution in [3.05, 3.63) is 64.7 Å². The minimum atomic E-state index is 0.227. The van der Waals surface area contributed by atoms with E-state index in [1.54, 1.807) is 0 Å². The van der Waals surface area contributed by atoms with E-state index in [0.717, 1.165) is 30.6 Å². The molecule has 0 aromatic heterocycles. The Morgan fingerprint density at radius 2 is 1.96 bits per heavy atom. The molecule has 0 saturated carbocycles. The van der Waals surface area contributed by atoms with Crippen LogP contribution >= 0.6 is 0 Å². The molecule has 1 aliphatic rings. The van der Waals surface area contributed by atoms with Gasteiger partial charge in [0.05, 0.1) is 6.04 Å². The molecular formula is C21H26N2O. The topological polar surface area (TPSA) is 46.3 Å². The van der Waals surface area contributed by atoms with E-state index >= 15 is 0 Å². The third-order valence-electron chi connectivity index (χ3n) is 5.24. The van der Waals surface area contributed by atoms with Gasteiger partial charge in [-0.25, -0.2) is 0 Å². The molecule has 126 valence electrons. The van der Waals surface area contributed by atoms with Crippen molar-refractivity contribution in [2.24, 2.45) is 0 Å². The lowest BCUT2D eigenvalue weighted by atomic mass is 9.95. The van der Waals surface area contributed by atoms with Gasteiger partial charge in [0.1, 0.15) is 0 Å². The minimum Gasteiger partial charge on any atom is -0.399 e. The molecule has 1 fully saturated rings. The van der Waals surface area contributed by atoms with Gasteiger partial charge in [0.25, 0.3) is 0 Å². The van der Waals surface area contributed by atoms with Crippen LogP contribution in [0.2, 0.25) is 0 Å². The molecule has 2 aromatic rings. The standard InChI is InChI=1S/C21H26N2O/c1-15-7-5-9-18(16(15)2)20-11-6-14-23(20)21(24)13-12-17-8-3-4-10-19(17)22/h3-5,7-10,20H,6,11-14,22H2,1-2H3. The molecule has 2 aromatic carbocycles. The van der Waals surface area contributed by atoms with Gasteiger partial charge in [0, 0.05) is 18.7 Å². The van der Waals surface area contributed by atoms with Crippen molar-refractivity contribution in [2.45, 2.75) is 45.6 Å². The molecule has 1 heterocycles.